The average molecular weight is 195 g/mol. The highest BCUT2D eigenvalue weighted by atomic mass is 16.2. The minimum Gasteiger partial charge on any atom is -0.337 e. The fourth-order valence-corrected chi connectivity index (χ4v) is 1.65. The third-order valence-corrected chi connectivity index (χ3v) is 2.36. The fourth-order valence-electron chi connectivity index (χ4n) is 1.65. The van der Waals surface area contributed by atoms with Crippen LogP contribution >= 0.6 is 0 Å². The van der Waals surface area contributed by atoms with Crippen molar-refractivity contribution in [3.8, 4) is 0 Å². The summed E-state index contributed by atoms with van der Waals surface area (Å²) in [5, 5.41) is 2.43. The van der Waals surface area contributed by atoms with Crippen molar-refractivity contribution in [1.29, 1.82) is 0 Å². The van der Waals surface area contributed by atoms with Crippen molar-refractivity contribution in [2.45, 2.75) is 25.3 Å². The Balaban J connectivity index is 2.63. The molecule has 0 aromatic heterocycles. The molecule has 4 heteroatoms. The van der Waals surface area contributed by atoms with E-state index in [2.05, 4.69) is 11.9 Å². The molecule has 1 fully saturated rings. The number of nitrogens with zero attached hydrogens (tertiary/aromatic N) is 1. The molecule has 0 aromatic rings. The summed E-state index contributed by atoms with van der Waals surface area (Å²) in [7, 11) is 0. The molecule has 1 saturated heterocycles. The Morgan fingerprint density at radius 1 is 1.64 bits per heavy atom. The van der Waals surface area contributed by atoms with E-state index in [9.17, 15) is 9.59 Å². The van der Waals surface area contributed by atoms with Crippen molar-refractivity contribution in [3.63, 3.8) is 0 Å². The molecule has 0 spiro atoms. The van der Waals surface area contributed by atoms with Gasteiger partial charge in [0.1, 0.15) is 6.04 Å². The summed E-state index contributed by atoms with van der Waals surface area (Å²) < 4.78 is 0. The Hall–Kier alpha value is -1.32. The van der Waals surface area contributed by atoms with Crippen molar-refractivity contribution in [2.75, 3.05) is 13.1 Å². The lowest BCUT2D eigenvalue weighted by Crippen LogP contribution is -2.44. The molecule has 0 saturated carbocycles. The van der Waals surface area contributed by atoms with Gasteiger partial charge in [0.15, 0.2) is 0 Å². The second-order valence-corrected chi connectivity index (χ2v) is 3.37. The van der Waals surface area contributed by atoms with Gasteiger partial charge in [0, 0.05) is 13.1 Å². The Morgan fingerprint density at radius 3 is 3.07 bits per heavy atom. The molecule has 0 aromatic carbocycles. The summed E-state index contributed by atoms with van der Waals surface area (Å²) in [6.07, 6.45) is 5.93. The van der Waals surface area contributed by atoms with Gasteiger partial charge < -0.3 is 10.2 Å². The van der Waals surface area contributed by atoms with E-state index in [4.69, 9.17) is 0 Å². The first kappa shape index (κ1) is 10.8. The summed E-state index contributed by atoms with van der Waals surface area (Å²) in [6.45, 7) is 4.90. The van der Waals surface area contributed by atoms with E-state index >= 15 is 0 Å². The number of carbonyl (C=O) groups is 1. The van der Waals surface area contributed by atoms with Gasteiger partial charge in [0.2, 0.25) is 5.91 Å². The van der Waals surface area contributed by atoms with Crippen LogP contribution in [-0.4, -0.2) is 36.3 Å². The third-order valence-electron chi connectivity index (χ3n) is 2.36. The zero-order valence-electron chi connectivity index (χ0n) is 8.16. The molecule has 2 amide bonds. The molecule has 1 heterocycles. The highest BCUT2D eigenvalue weighted by Gasteiger charge is 2.25. The topological polar surface area (TPSA) is 49.4 Å². The molecule has 0 aliphatic carbocycles. The molecule has 1 atom stereocenters. The Bertz CT molecular complexity index is 206. The molecule has 0 bridgehead atoms. The normalized spacial score (nSPS) is 22.7. The Morgan fingerprint density at radius 2 is 2.43 bits per heavy atom. The van der Waals surface area contributed by atoms with Gasteiger partial charge in [-0.2, -0.15) is 0 Å². The van der Waals surface area contributed by atoms with Crippen molar-refractivity contribution < 1.29 is 9.59 Å². The minimum atomic E-state index is -0.394. The first-order valence-corrected chi connectivity index (χ1v) is 4.82. The maximum Gasteiger partial charge on any atom is 0.309 e. The smallest absolute Gasteiger partial charge is 0.309 e. The molecular weight excluding hydrogens is 180 g/mol. The molecule has 1 N–H and O–H groups in total. The second-order valence-electron chi connectivity index (χ2n) is 3.37. The Kier molecular flexibility index (Phi) is 4.16. The van der Waals surface area contributed by atoms with Gasteiger partial charge in [-0.1, -0.05) is 6.08 Å². The summed E-state index contributed by atoms with van der Waals surface area (Å²) in [4.78, 5) is 23.6. The molecule has 1 aliphatic heterocycles. The lowest BCUT2D eigenvalue weighted by Gasteiger charge is -2.22. The van der Waals surface area contributed by atoms with Gasteiger partial charge in [-0.05, 0) is 19.3 Å². The van der Waals surface area contributed by atoms with Gasteiger partial charge in [0.25, 0.3) is 0 Å². The van der Waals surface area contributed by atoms with Crippen molar-refractivity contribution in [1.82, 2.24) is 10.2 Å². The van der Waals surface area contributed by atoms with E-state index in [0.717, 1.165) is 19.4 Å². The number of hydrogen-bond acceptors (Lipinski definition) is 2. The van der Waals surface area contributed by atoms with Gasteiger partial charge >= 0.3 is 6.41 Å². The predicted molar refractivity (Wildman–Crippen MR) is 53.2 cm³/mol. The van der Waals surface area contributed by atoms with Crippen molar-refractivity contribution >= 4 is 12.3 Å². The zero-order valence-corrected chi connectivity index (χ0v) is 8.16. The summed E-state index contributed by atoms with van der Waals surface area (Å²) >= 11 is 0. The molecule has 1 aliphatic rings. The summed E-state index contributed by atoms with van der Waals surface area (Å²) in [5.74, 6) is -0.0225. The van der Waals surface area contributed by atoms with Crippen LogP contribution in [0, 0.1) is 0 Å². The van der Waals surface area contributed by atoms with Crippen LogP contribution in [0.4, 0.5) is 0 Å². The van der Waals surface area contributed by atoms with Crippen molar-refractivity contribution in [3.05, 3.63) is 12.7 Å². The van der Waals surface area contributed by atoms with Crippen LogP contribution in [0.5, 0.6) is 0 Å². The summed E-state index contributed by atoms with van der Waals surface area (Å²) in [6, 6.07) is -0.394. The van der Waals surface area contributed by atoms with Crippen LogP contribution in [0.1, 0.15) is 19.3 Å². The maximum absolute atomic E-state index is 11.8. The van der Waals surface area contributed by atoms with Crippen LogP contribution in [0.15, 0.2) is 12.7 Å². The van der Waals surface area contributed by atoms with E-state index in [1.165, 1.54) is 0 Å². The highest BCUT2D eigenvalue weighted by molar-refractivity contribution is 5.84. The van der Waals surface area contributed by atoms with Crippen LogP contribution < -0.4 is 5.32 Å². The van der Waals surface area contributed by atoms with Crippen LogP contribution in [0.2, 0.25) is 0 Å². The minimum absolute atomic E-state index is 0.0225. The second kappa shape index (κ2) is 5.42. The van der Waals surface area contributed by atoms with Crippen LogP contribution in [0.3, 0.4) is 0 Å². The number of likely N-dealkylation sites (tertiary alicyclic amines) is 1. The van der Waals surface area contributed by atoms with Crippen molar-refractivity contribution in [2.24, 2.45) is 0 Å². The number of rotatable bonds is 4. The van der Waals surface area contributed by atoms with E-state index in [1.807, 2.05) is 0 Å². The van der Waals surface area contributed by atoms with Crippen LogP contribution in [-0.2, 0) is 9.59 Å². The lowest BCUT2D eigenvalue weighted by molar-refractivity contribution is -0.132. The molecule has 0 unspecified atom stereocenters. The quantitative estimate of drug-likeness (QED) is 0.515. The van der Waals surface area contributed by atoms with Crippen LogP contribution in [0.25, 0.3) is 0 Å². The van der Waals surface area contributed by atoms with Gasteiger partial charge in [-0.15, -0.1) is 6.58 Å². The molecule has 14 heavy (non-hydrogen) atoms. The SMILES string of the molecule is C=CCN1CCCC[C@H](N[C]=O)C1=O. The molecule has 77 valence electrons. The van der Waals surface area contributed by atoms with Gasteiger partial charge in [-0.25, -0.2) is 0 Å². The average Bonchev–Trinajstić information content (AvgIpc) is 2.34. The number of amides is 2. The molecule has 1 radical (unpaired) electrons. The number of nitrogens with one attached hydrogen (secondary N) is 1. The standard InChI is InChI=1S/C10H15N2O2/c1-2-6-12-7-4-3-5-9(10(12)14)11-8-13/h2,9H,1,3-7H2,(H,11,13)/t9-/m0/s1. The number of carbonyl (C=O) groups excluding carboxylic acids is 2. The van der Waals surface area contributed by atoms with E-state index in [0.29, 0.717) is 13.0 Å². The third kappa shape index (κ3) is 2.58. The zero-order chi connectivity index (χ0) is 10.4. The highest BCUT2D eigenvalue weighted by Crippen LogP contribution is 2.11. The lowest BCUT2D eigenvalue weighted by atomic mass is 10.1. The first-order chi connectivity index (χ1) is 6.79. The van der Waals surface area contributed by atoms with Gasteiger partial charge in [-0.3, -0.25) is 9.59 Å². The van der Waals surface area contributed by atoms with E-state index in [-0.39, 0.29) is 5.91 Å². The number of hydrogen-bond donors (Lipinski definition) is 1. The Labute approximate surface area is 84.0 Å². The largest absolute Gasteiger partial charge is 0.337 e. The predicted octanol–water partition coefficient (Wildman–Crippen LogP) is 0.210. The molecular formula is C10H15N2O2. The first-order valence-electron chi connectivity index (χ1n) is 4.82. The van der Waals surface area contributed by atoms with E-state index in [1.54, 1.807) is 17.4 Å². The maximum atomic E-state index is 11.8. The van der Waals surface area contributed by atoms with E-state index < -0.39 is 6.04 Å². The fraction of sp³-hybridized carbons (Fsp3) is 0.600. The van der Waals surface area contributed by atoms with Gasteiger partial charge in [0.05, 0.1) is 0 Å². The monoisotopic (exact) mass is 195 g/mol. The summed E-state index contributed by atoms with van der Waals surface area (Å²) in [5.41, 5.74) is 0. The molecule has 1 rings (SSSR count). The molecule has 4 nitrogen and oxygen atoms in total.